The molecule has 6 heteroatoms. The maximum Gasteiger partial charge on any atom is 0.235 e. The molecule has 0 atom stereocenters. The van der Waals surface area contributed by atoms with E-state index in [2.05, 4.69) is 4.72 Å². The van der Waals surface area contributed by atoms with Crippen LogP contribution in [0.4, 0.5) is 5.69 Å². The summed E-state index contributed by atoms with van der Waals surface area (Å²) in [7, 11) is -3.38. The molecule has 1 N–H and O–H groups in total. The Kier molecular flexibility index (Phi) is 3.85. The van der Waals surface area contributed by atoms with Crippen LogP contribution in [0.1, 0.15) is 25.7 Å². The van der Waals surface area contributed by atoms with E-state index in [4.69, 9.17) is 23.2 Å². The fourth-order valence-electron chi connectivity index (χ4n) is 2.02. The van der Waals surface area contributed by atoms with Crippen LogP contribution >= 0.6 is 23.2 Å². The first-order valence-corrected chi connectivity index (χ1v) is 7.76. The minimum Gasteiger partial charge on any atom is -0.280 e. The van der Waals surface area contributed by atoms with E-state index in [0.29, 0.717) is 22.9 Å². The maximum atomic E-state index is 12.1. The van der Waals surface area contributed by atoms with E-state index >= 15 is 0 Å². The predicted octanol–water partition coefficient (Wildman–Crippen LogP) is 3.68. The molecule has 0 aromatic heterocycles. The molecule has 1 aromatic carbocycles. The lowest BCUT2D eigenvalue weighted by atomic mass is 10.3. The number of hydrogen-bond donors (Lipinski definition) is 1. The highest BCUT2D eigenvalue weighted by atomic mass is 35.5. The van der Waals surface area contributed by atoms with Crippen LogP contribution < -0.4 is 4.72 Å². The van der Waals surface area contributed by atoms with Crippen molar-refractivity contribution >= 4 is 38.9 Å². The van der Waals surface area contributed by atoms with Crippen molar-refractivity contribution in [1.82, 2.24) is 0 Å². The van der Waals surface area contributed by atoms with E-state index in [1.807, 2.05) is 0 Å². The van der Waals surface area contributed by atoms with Gasteiger partial charge < -0.3 is 0 Å². The second-order valence-electron chi connectivity index (χ2n) is 4.15. The minimum absolute atomic E-state index is 0.280. The van der Waals surface area contributed by atoms with Crippen LogP contribution in [0.15, 0.2) is 18.2 Å². The molecule has 0 aliphatic heterocycles. The molecule has 1 aliphatic carbocycles. The molecule has 1 saturated carbocycles. The zero-order valence-electron chi connectivity index (χ0n) is 9.12. The van der Waals surface area contributed by atoms with Crippen molar-refractivity contribution < 1.29 is 8.42 Å². The number of sulfonamides is 1. The van der Waals surface area contributed by atoms with Gasteiger partial charge in [0.25, 0.3) is 0 Å². The monoisotopic (exact) mass is 293 g/mol. The maximum absolute atomic E-state index is 12.1. The average molecular weight is 294 g/mol. The first-order chi connectivity index (χ1) is 8.00. The van der Waals surface area contributed by atoms with Gasteiger partial charge in [0.15, 0.2) is 0 Å². The molecule has 1 fully saturated rings. The number of para-hydroxylation sites is 1. The van der Waals surface area contributed by atoms with E-state index in [0.717, 1.165) is 12.8 Å². The van der Waals surface area contributed by atoms with Crippen molar-refractivity contribution in [2.45, 2.75) is 30.9 Å². The number of anilines is 1. The summed E-state index contributed by atoms with van der Waals surface area (Å²) >= 11 is 11.9. The van der Waals surface area contributed by atoms with Gasteiger partial charge in [0.05, 0.1) is 21.0 Å². The quantitative estimate of drug-likeness (QED) is 0.924. The Bertz CT molecular complexity index is 490. The minimum atomic E-state index is -3.38. The molecular weight excluding hydrogens is 281 g/mol. The first-order valence-electron chi connectivity index (χ1n) is 5.46. The van der Waals surface area contributed by atoms with E-state index in [9.17, 15) is 8.42 Å². The molecule has 0 heterocycles. The topological polar surface area (TPSA) is 46.2 Å². The molecule has 3 nitrogen and oxygen atoms in total. The van der Waals surface area contributed by atoms with Gasteiger partial charge in [-0.15, -0.1) is 0 Å². The van der Waals surface area contributed by atoms with E-state index in [1.165, 1.54) is 0 Å². The SMILES string of the molecule is O=S(=O)(Nc1c(Cl)cccc1Cl)C1CCCC1. The Labute approximate surface area is 111 Å². The molecule has 0 unspecified atom stereocenters. The molecular formula is C11H13Cl2NO2S. The number of rotatable bonds is 3. The average Bonchev–Trinajstić information content (AvgIpc) is 2.77. The van der Waals surface area contributed by atoms with Gasteiger partial charge in [0, 0.05) is 0 Å². The van der Waals surface area contributed by atoms with Gasteiger partial charge in [0.1, 0.15) is 0 Å². The summed E-state index contributed by atoms with van der Waals surface area (Å²) in [6.07, 6.45) is 3.33. The van der Waals surface area contributed by atoms with E-state index < -0.39 is 10.0 Å². The summed E-state index contributed by atoms with van der Waals surface area (Å²) < 4.78 is 26.7. The lowest BCUT2D eigenvalue weighted by Gasteiger charge is -2.15. The van der Waals surface area contributed by atoms with Crippen molar-refractivity contribution in [2.24, 2.45) is 0 Å². The lowest BCUT2D eigenvalue weighted by molar-refractivity contribution is 0.585. The molecule has 0 saturated heterocycles. The van der Waals surface area contributed by atoms with Gasteiger partial charge in [-0.2, -0.15) is 0 Å². The van der Waals surface area contributed by atoms with Crippen molar-refractivity contribution in [3.05, 3.63) is 28.2 Å². The van der Waals surface area contributed by atoms with Gasteiger partial charge in [-0.05, 0) is 25.0 Å². The summed E-state index contributed by atoms with van der Waals surface area (Å²) in [6.45, 7) is 0. The molecule has 0 amide bonds. The van der Waals surface area contributed by atoms with E-state index in [1.54, 1.807) is 18.2 Å². The molecule has 0 bridgehead atoms. The smallest absolute Gasteiger partial charge is 0.235 e. The van der Waals surface area contributed by atoms with Gasteiger partial charge in [-0.25, -0.2) is 8.42 Å². The zero-order valence-corrected chi connectivity index (χ0v) is 11.4. The molecule has 0 spiro atoms. The molecule has 1 aliphatic rings. The Morgan fingerprint density at radius 3 is 2.18 bits per heavy atom. The Balaban J connectivity index is 2.26. The van der Waals surface area contributed by atoms with Crippen molar-refractivity contribution in [3.8, 4) is 0 Å². The summed E-state index contributed by atoms with van der Waals surface area (Å²) in [5.41, 5.74) is 0.280. The Morgan fingerprint density at radius 2 is 1.65 bits per heavy atom. The Hall–Kier alpha value is -0.450. The molecule has 2 rings (SSSR count). The second-order valence-corrected chi connectivity index (χ2v) is 6.93. The fourth-order valence-corrected chi connectivity index (χ4v) is 4.25. The highest BCUT2D eigenvalue weighted by molar-refractivity contribution is 7.93. The van der Waals surface area contributed by atoms with Crippen molar-refractivity contribution in [3.63, 3.8) is 0 Å². The fraction of sp³-hybridized carbons (Fsp3) is 0.455. The van der Waals surface area contributed by atoms with Gasteiger partial charge >= 0.3 is 0 Å². The number of nitrogens with one attached hydrogen (secondary N) is 1. The largest absolute Gasteiger partial charge is 0.280 e. The van der Waals surface area contributed by atoms with Crippen LogP contribution in [-0.4, -0.2) is 13.7 Å². The second kappa shape index (κ2) is 5.04. The Morgan fingerprint density at radius 1 is 1.12 bits per heavy atom. The molecule has 1 aromatic rings. The number of hydrogen-bond acceptors (Lipinski definition) is 2. The third kappa shape index (κ3) is 2.87. The van der Waals surface area contributed by atoms with Gasteiger partial charge in [0.2, 0.25) is 10.0 Å². The molecule has 0 radical (unpaired) electrons. The standard InChI is InChI=1S/C11H13Cl2NO2S/c12-9-6-3-7-10(13)11(9)14-17(15,16)8-4-1-2-5-8/h3,6-8,14H,1-2,4-5H2. The van der Waals surface area contributed by atoms with Crippen LogP contribution in [0.3, 0.4) is 0 Å². The van der Waals surface area contributed by atoms with E-state index in [-0.39, 0.29) is 10.9 Å². The third-order valence-corrected chi connectivity index (χ3v) is 5.42. The van der Waals surface area contributed by atoms with Crippen molar-refractivity contribution in [2.75, 3.05) is 4.72 Å². The van der Waals surface area contributed by atoms with Crippen LogP contribution in [0.2, 0.25) is 10.0 Å². The highest BCUT2D eigenvalue weighted by Gasteiger charge is 2.29. The highest BCUT2D eigenvalue weighted by Crippen LogP contribution is 2.33. The van der Waals surface area contributed by atoms with Crippen molar-refractivity contribution in [1.29, 1.82) is 0 Å². The summed E-state index contributed by atoms with van der Waals surface area (Å²) in [4.78, 5) is 0. The normalized spacial score (nSPS) is 17.3. The first kappa shape index (κ1) is 13.0. The summed E-state index contributed by atoms with van der Waals surface area (Å²) in [5, 5.41) is 0.313. The van der Waals surface area contributed by atoms with Crippen LogP contribution in [0.25, 0.3) is 0 Å². The third-order valence-electron chi connectivity index (χ3n) is 2.95. The molecule has 94 valence electrons. The number of halogens is 2. The van der Waals surface area contributed by atoms with Crippen LogP contribution in [0, 0.1) is 0 Å². The summed E-state index contributed by atoms with van der Waals surface area (Å²) in [5.74, 6) is 0. The zero-order chi connectivity index (χ0) is 12.5. The lowest BCUT2D eigenvalue weighted by Crippen LogP contribution is -2.25. The van der Waals surface area contributed by atoms with Crippen LogP contribution in [-0.2, 0) is 10.0 Å². The number of benzene rings is 1. The predicted molar refractivity (Wildman–Crippen MR) is 71.3 cm³/mol. The summed E-state index contributed by atoms with van der Waals surface area (Å²) in [6, 6.07) is 4.90. The van der Waals surface area contributed by atoms with Gasteiger partial charge in [-0.1, -0.05) is 42.1 Å². The van der Waals surface area contributed by atoms with Gasteiger partial charge in [-0.3, -0.25) is 4.72 Å². The van der Waals surface area contributed by atoms with Crippen LogP contribution in [0.5, 0.6) is 0 Å². The molecule has 17 heavy (non-hydrogen) atoms.